The summed E-state index contributed by atoms with van der Waals surface area (Å²) >= 11 is 0. The van der Waals surface area contributed by atoms with E-state index in [-0.39, 0.29) is 0 Å². The van der Waals surface area contributed by atoms with Crippen LogP contribution in [0.1, 0.15) is 48.0 Å². The Balaban J connectivity index is 2.10. The molecule has 1 atom stereocenters. The lowest BCUT2D eigenvalue weighted by molar-refractivity contribution is 0.566. The van der Waals surface area contributed by atoms with Crippen LogP contribution in [0.3, 0.4) is 0 Å². The Kier molecular flexibility index (Phi) is 4.61. The molecule has 0 spiro atoms. The first-order valence-corrected chi connectivity index (χ1v) is 7.34. The highest BCUT2D eigenvalue weighted by molar-refractivity contribution is 5.29. The topological polar surface area (TPSA) is 29.9 Å². The molecule has 0 aliphatic heterocycles. The van der Waals surface area contributed by atoms with Gasteiger partial charge in [-0.25, -0.2) is 0 Å². The van der Waals surface area contributed by atoms with Gasteiger partial charge in [-0.1, -0.05) is 31.2 Å². The van der Waals surface area contributed by atoms with Gasteiger partial charge in [0, 0.05) is 30.9 Å². The van der Waals surface area contributed by atoms with E-state index in [0.29, 0.717) is 6.04 Å². The predicted octanol–water partition coefficient (Wildman–Crippen LogP) is 3.45. The van der Waals surface area contributed by atoms with E-state index in [0.717, 1.165) is 18.7 Å². The Morgan fingerprint density at radius 1 is 1.20 bits per heavy atom. The van der Waals surface area contributed by atoms with Crippen LogP contribution in [0.25, 0.3) is 0 Å². The number of nitrogens with one attached hydrogen (secondary N) is 1. The van der Waals surface area contributed by atoms with Crippen molar-refractivity contribution in [2.24, 2.45) is 7.05 Å². The average molecular weight is 271 g/mol. The average Bonchev–Trinajstić information content (AvgIpc) is 2.70. The van der Waals surface area contributed by atoms with E-state index in [1.54, 1.807) is 0 Å². The minimum absolute atomic E-state index is 0.314. The van der Waals surface area contributed by atoms with Gasteiger partial charge in [-0.15, -0.1) is 0 Å². The number of hydrogen-bond donors (Lipinski definition) is 1. The summed E-state index contributed by atoms with van der Waals surface area (Å²) in [5.41, 5.74) is 6.49. The van der Waals surface area contributed by atoms with Crippen LogP contribution in [0.5, 0.6) is 0 Å². The van der Waals surface area contributed by atoms with E-state index in [9.17, 15) is 0 Å². The first kappa shape index (κ1) is 14.8. The van der Waals surface area contributed by atoms with Crippen LogP contribution in [0.2, 0.25) is 0 Å². The molecule has 108 valence electrons. The van der Waals surface area contributed by atoms with Gasteiger partial charge in [0.1, 0.15) is 0 Å². The molecule has 3 heteroatoms. The standard InChI is InChI=1S/C17H25N3/c1-6-15-9-7-8-10-16(15)11-18-12(2)17-13(3)19-20(5)14(17)4/h7-10,12,18H,6,11H2,1-5H3. The van der Waals surface area contributed by atoms with Gasteiger partial charge in [-0.2, -0.15) is 5.10 Å². The maximum Gasteiger partial charge on any atom is 0.0644 e. The number of nitrogens with zero attached hydrogens (tertiary/aromatic N) is 2. The number of aromatic nitrogens is 2. The van der Waals surface area contributed by atoms with Crippen molar-refractivity contribution in [2.75, 3.05) is 0 Å². The molecule has 3 nitrogen and oxygen atoms in total. The van der Waals surface area contributed by atoms with Crippen LogP contribution in [0, 0.1) is 13.8 Å². The second-order valence-corrected chi connectivity index (χ2v) is 5.43. The van der Waals surface area contributed by atoms with E-state index < -0.39 is 0 Å². The highest BCUT2D eigenvalue weighted by atomic mass is 15.3. The van der Waals surface area contributed by atoms with Crippen molar-refractivity contribution in [3.05, 3.63) is 52.3 Å². The molecular formula is C17H25N3. The Bertz CT molecular complexity index is 584. The molecule has 0 saturated carbocycles. The van der Waals surface area contributed by atoms with Gasteiger partial charge >= 0.3 is 0 Å². The molecule has 0 bridgehead atoms. The van der Waals surface area contributed by atoms with Gasteiger partial charge in [0.15, 0.2) is 0 Å². The molecule has 1 unspecified atom stereocenters. The summed E-state index contributed by atoms with van der Waals surface area (Å²) in [7, 11) is 2.00. The lowest BCUT2D eigenvalue weighted by Gasteiger charge is -2.16. The molecule has 2 rings (SSSR count). The Labute approximate surface area is 122 Å². The van der Waals surface area contributed by atoms with Crippen LogP contribution >= 0.6 is 0 Å². The number of rotatable bonds is 5. The highest BCUT2D eigenvalue weighted by Gasteiger charge is 2.15. The van der Waals surface area contributed by atoms with Gasteiger partial charge < -0.3 is 5.32 Å². The van der Waals surface area contributed by atoms with Crippen molar-refractivity contribution in [1.82, 2.24) is 15.1 Å². The summed E-state index contributed by atoms with van der Waals surface area (Å²) in [6.07, 6.45) is 1.08. The fraction of sp³-hybridized carbons (Fsp3) is 0.471. The van der Waals surface area contributed by atoms with Crippen molar-refractivity contribution in [3.8, 4) is 0 Å². The van der Waals surface area contributed by atoms with Crippen LogP contribution in [0.15, 0.2) is 24.3 Å². The summed E-state index contributed by atoms with van der Waals surface area (Å²) in [5, 5.41) is 8.13. The number of benzene rings is 1. The number of aryl methyl sites for hydroxylation is 3. The lowest BCUT2D eigenvalue weighted by atomic mass is 10.0. The Morgan fingerprint density at radius 3 is 2.40 bits per heavy atom. The molecule has 0 radical (unpaired) electrons. The molecule has 2 aromatic rings. The maximum atomic E-state index is 4.50. The van der Waals surface area contributed by atoms with Gasteiger partial charge in [0.25, 0.3) is 0 Å². The lowest BCUT2D eigenvalue weighted by Crippen LogP contribution is -2.20. The second kappa shape index (κ2) is 6.23. The summed E-state index contributed by atoms with van der Waals surface area (Å²) in [5.74, 6) is 0. The molecule has 0 aliphatic carbocycles. The zero-order valence-corrected chi connectivity index (χ0v) is 13.2. The van der Waals surface area contributed by atoms with E-state index in [2.05, 4.69) is 62.4 Å². The van der Waals surface area contributed by atoms with Crippen molar-refractivity contribution in [2.45, 2.75) is 46.7 Å². The van der Waals surface area contributed by atoms with Gasteiger partial charge in [0.2, 0.25) is 0 Å². The smallest absolute Gasteiger partial charge is 0.0644 e. The third-order valence-electron chi connectivity index (χ3n) is 4.10. The first-order valence-electron chi connectivity index (χ1n) is 7.34. The molecular weight excluding hydrogens is 246 g/mol. The molecule has 1 aromatic heterocycles. The fourth-order valence-electron chi connectivity index (χ4n) is 2.86. The zero-order chi connectivity index (χ0) is 14.7. The summed E-state index contributed by atoms with van der Waals surface area (Å²) in [6, 6.07) is 8.96. The quantitative estimate of drug-likeness (QED) is 0.902. The molecule has 1 aromatic carbocycles. The maximum absolute atomic E-state index is 4.50. The molecule has 0 aliphatic rings. The van der Waals surface area contributed by atoms with Crippen molar-refractivity contribution in [1.29, 1.82) is 0 Å². The van der Waals surface area contributed by atoms with Crippen molar-refractivity contribution < 1.29 is 0 Å². The monoisotopic (exact) mass is 271 g/mol. The first-order chi connectivity index (χ1) is 9.54. The van der Waals surface area contributed by atoms with Crippen LogP contribution in [0.4, 0.5) is 0 Å². The van der Waals surface area contributed by atoms with Gasteiger partial charge in [-0.05, 0) is 38.3 Å². The van der Waals surface area contributed by atoms with E-state index in [4.69, 9.17) is 0 Å². The van der Waals surface area contributed by atoms with Crippen molar-refractivity contribution in [3.63, 3.8) is 0 Å². The van der Waals surface area contributed by atoms with Crippen molar-refractivity contribution >= 4 is 0 Å². The fourth-order valence-corrected chi connectivity index (χ4v) is 2.86. The second-order valence-electron chi connectivity index (χ2n) is 5.43. The predicted molar refractivity (Wildman–Crippen MR) is 83.8 cm³/mol. The molecule has 0 fully saturated rings. The zero-order valence-electron chi connectivity index (χ0n) is 13.2. The van der Waals surface area contributed by atoms with E-state index in [1.807, 2.05) is 11.7 Å². The Hall–Kier alpha value is -1.61. The van der Waals surface area contributed by atoms with Crippen LogP contribution in [-0.4, -0.2) is 9.78 Å². The van der Waals surface area contributed by atoms with E-state index in [1.165, 1.54) is 22.4 Å². The third kappa shape index (κ3) is 2.93. The molecule has 1 heterocycles. The minimum Gasteiger partial charge on any atom is -0.306 e. The Morgan fingerprint density at radius 2 is 1.85 bits per heavy atom. The molecule has 1 N–H and O–H groups in total. The highest BCUT2D eigenvalue weighted by Crippen LogP contribution is 2.21. The molecule has 0 saturated heterocycles. The summed E-state index contributed by atoms with van der Waals surface area (Å²) in [6.45, 7) is 9.54. The number of hydrogen-bond acceptors (Lipinski definition) is 2. The molecule has 20 heavy (non-hydrogen) atoms. The minimum atomic E-state index is 0.314. The van der Waals surface area contributed by atoms with Crippen LogP contribution in [-0.2, 0) is 20.0 Å². The summed E-state index contributed by atoms with van der Waals surface area (Å²) in [4.78, 5) is 0. The van der Waals surface area contributed by atoms with E-state index >= 15 is 0 Å². The normalized spacial score (nSPS) is 12.7. The largest absolute Gasteiger partial charge is 0.306 e. The van der Waals surface area contributed by atoms with Gasteiger partial charge in [0.05, 0.1) is 5.69 Å². The SMILES string of the molecule is CCc1ccccc1CNC(C)c1c(C)nn(C)c1C. The van der Waals surface area contributed by atoms with Gasteiger partial charge in [-0.3, -0.25) is 4.68 Å². The van der Waals surface area contributed by atoms with Crippen LogP contribution < -0.4 is 5.32 Å². The third-order valence-corrected chi connectivity index (χ3v) is 4.10. The summed E-state index contributed by atoms with van der Waals surface area (Å²) < 4.78 is 1.96. The molecule has 0 amide bonds.